The molecule has 3 aromatic rings. The van der Waals surface area contributed by atoms with Gasteiger partial charge in [-0.1, -0.05) is 23.7 Å². The second kappa shape index (κ2) is 9.07. The van der Waals surface area contributed by atoms with Gasteiger partial charge in [0.2, 0.25) is 0 Å². The standard InChI is InChI=1S/C25H22ClN3O5/c1-14-11-16(15(2)28(14)20-7-5-6-8-22(20)34-4)12-18-23(30)27-25(32)29(24(18)31)17-9-10-21(33-3)19(26)13-17/h5-13H,1-4H3,(H,27,30,32)/b18-12-. The van der Waals surface area contributed by atoms with E-state index in [1.54, 1.807) is 13.2 Å². The first-order valence-corrected chi connectivity index (χ1v) is 10.7. The number of aryl methyl sites for hydroxylation is 1. The summed E-state index contributed by atoms with van der Waals surface area (Å²) < 4.78 is 12.6. The zero-order chi connectivity index (χ0) is 24.6. The highest BCUT2D eigenvalue weighted by Crippen LogP contribution is 2.32. The molecule has 8 nitrogen and oxygen atoms in total. The van der Waals surface area contributed by atoms with Crippen molar-refractivity contribution in [1.82, 2.24) is 9.88 Å². The lowest BCUT2D eigenvalue weighted by atomic mass is 10.1. The summed E-state index contributed by atoms with van der Waals surface area (Å²) in [6.45, 7) is 3.79. The zero-order valence-electron chi connectivity index (χ0n) is 19.0. The molecule has 0 spiro atoms. The predicted molar refractivity (Wildman–Crippen MR) is 129 cm³/mol. The summed E-state index contributed by atoms with van der Waals surface area (Å²) in [6.07, 6.45) is 1.48. The maximum atomic E-state index is 13.3. The number of nitrogens with zero attached hydrogens (tertiary/aromatic N) is 2. The molecular formula is C25H22ClN3O5. The fourth-order valence-electron chi connectivity index (χ4n) is 3.96. The molecule has 2 heterocycles. The van der Waals surface area contributed by atoms with Crippen LogP contribution >= 0.6 is 11.6 Å². The summed E-state index contributed by atoms with van der Waals surface area (Å²) in [6, 6.07) is 13.0. The Hall–Kier alpha value is -4.04. The number of para-hydroxylation sites is 2. The van der Waals surface area contributed by atoms with Gasteiger partial charge in [0.15, 0.2) is 0 Å². The van der Waals surface area contributed by atoms with Crippen molar-refractivity contribution in [2.75, 3.05) is 19.1 Å². The average Bonchev–Trinajstić information content (AvgIpc) is 3.09. The van der Waals surface area contributed by atoms with Gasteiger partial charge in [0.1, 0.15) is 17.1 Å². The molecule has 1 saturated heterocycles. The lowest BCUT2D eigenvalue weighted by molar-refractivity contribution is -0.122. The van der Waals surface area contributed by atoms with Gasteiger partial charge in [0, 0.05) is 11.4 Å². The number of carbonyl (C=O) groups is 3. The number of benzene rings is 2. The van der Waals surface area contributed by atoms with Crippen molar-refractivity contribution < 1.29 is 23.9 Å². The lowest BCUT2D eigenvalue weighted by Gasteiger charge is -2.26. The van der Waals surface area contributed by atoms with E-state index in [1.807, 2.05) is 48.7 Å². The Morgan fingerprint density at radius 1 is 0.941 bits per heavy atom. The third-order valence-corrected chi connectivity index (χ3v) is 5.89. The number of carbonyl (C=O) groups excluding carboxylic acids is 3. The Labute approximate surface area is 201 Å². The highest BCUT2D eigenvalue weighted by atomic mass is 35.5. The number of aromatic nitrogens is 1. The number of ether oxygens (including phenoxy) is 2. The van der Waals surface area contributed by atoms with Crippen LogP contribution in [-0.2, 0) is 9.59 Å². The fourth-order valence-corrected chi connectivity index (χ4v) is 4.21. The molecule has 0 bridgehead atoms. The molecule has 9 heteroatoms. The van der Waals surface area contributed by atoms with Crippen LogP contribution in [0.15, 0.2) is 54.1 Å². The number of imide groups is 2. The molecule has 1 N–H and O–H groups in total. The second-order valence-corrected chi connectivity index (χ2v) is 8.02. The summed E-state index contributed by atoms with van der Waals surface area (Å²) >= 11 is 6.17. The molecule has 4 amide bonds. The number of amides is 4. The van der Waals surface area contributed by atoms with Gasteiger partial charge in [-0.2, -0.15) is 0 Å². The lowest BCUT2D eigenvalue weighted by Crippen LogP contribution is -2.54. The Morgan fingerprint density at radius 3 is 2.32 bits per heavy atom. The van der Waals surface area contributed by atoms with Crippen LogP contribution in [0.1, 0.15) is 17.0 Å². The average molecular weight is 480 g/mol. The van der Waals surface area contributed by atoms with Crippen molar-refractivity contribution in [1.29, 1.82) is 0 Å². The largest absolute Gasteiger partial charge is 0.495 e. The number of urea groups is 1. The molecule has 0 atom stereocenters. The smallest absolute Gasteiger partial charge is 0.335 e. The van der Waals surface area contributed by atoms with Crippen molar-refractivity contribution in [3.63, 3.8) is 0 Å². The molecule has 4 rings (SSSR count). The van der Waals surface area contributed by atoms with E-state index >= 15 is 0 Å². The summed E-state index contributed by atoms with van der Waals surface area (Å²) in [4.78, 5) is 39.3. The Balaban J connectivity index is 1.77. The summed E-state index contributed by atoms with van der Waals surface area (Å²) in [5, 5.41) is 2.45. The van der Waals surface area contributed by atoms with Gasteiger partial charge < -0.3 is 14.0 Å². The summed E-state index contributed by atoms with van der Waals surface area (Å²) in [5.74, 6) is -0.445. The maximum absolute atomic E-state index is 13.3. The maximum Gasteiger partial charge on any atom is 0.335 e. The molecule has 0 aliphatic carbocycles. The molecule has 1 aliphatic heterocycles. The fraction of sp³-hybridized carbons (Fsp3) is 0.160. The van der Waals surface area contributed by atoms with E-state index in [-0.39, 0.29) is 16.3 Å². The minimum absolute atomic E-state index is 0.174. The number of halogens is 1. The van der Waals surface area contributed by atoms with Crippen LogP contribution in [-0.4, -0.2) is 36.6 Å². The van der Waals surface area contributed by atoms with Gasteiger partial charge in [-0.3, -0.25) is 14.9 Å². The number of hydrogen-bond donors (Lipinski definition) is 1. The van der Waals surface area contributed by atoms with E-state index in [2.05, 4.69) is 5.32 Å². The van der Waals surface area contributed by atoms with E-state index in [4.69, 9.17) is 21.1 Å². The first-order valence-electron chi connectivity index (χ1n) is 10.3. The Morgan fingerprint density at radius 2 is 1.65 bits per heavy atom. The van der Waals surface area contributed by atoms with Gasteiger partial charge >= 0.3 is 6.03 Å². The second-order valence-electron chi connectivity index (χ2n) is 7.61. The van der Waals surface area contributed by atoms with E-state index < -0.39 is 17.8 Å². The van der Waals surface area contributed by atoms with Crippen LogP contribution in [0.25, 0.3) is 11.8 Å². The Kier molecular flexibility index (Phi) is 6.17. The topological polar surface area (TPSA) is 89.9 Å². The van der Waals surface area contributed by atoms with Crippen molar-refractivity contribution in [3.05, 3.63) is 76.1 Å². The molecule has 0 radical (unpaired) electrons. The molecule has 1 aliphatic rings. The normalized spacial score (nSPS) is 15.0. The summed E-state index contributed by atoms with van der Waals surface area (Å²) in [5.41, 5.74) is 3.20. The van der Waals surface area contributed by atoms with Gasteiger partial charge in [-0.15, -0.1) is 0 Å². The molecule has 1 aromatic heterocycles. The van der Waals surface area contributed by atoms with Crippen molar-refractivity contribution in [2.45, 2.75) is 13.8 Å². The molecule has 1 fully saturated rings. The van der Waals surface area contributed by atoms with E-state index in [0.29, 0.717) is 17.1 Å². The predicted octanol–water partition coefficient (Wildman–Crippen LogP) is 4.43. The van der Waals surface area contributed by atoms with Crippen LogP contribution < -0.4 is 19.7 Å². The monoisotopic (exact) mass is 479 g/mol. The first kappa shape index (κ1) is 23.1. The molecule has 0 saturated carbocycles. The van der Waals surface area contributed by atoms with Crippen molar-refractivity contribution in [3.8, 4) is 17.2 Å². The number of barbiturate groups is 1. The third kappa shape index (κ3) is 3.92. The number of nitrogens with one attached hydrogen (secondary N) is 1. The van der Waals surface area contributed by atoms with Gasteiger partial charge in [-0.05, 0) is 61.9 Å². The van der Waals surface area contributed by atoms with E-state index in [0.717, 1.165) is 22.0 Å². The van der Waals surface area contributed by atoms with Gasteiger partial charge in [-0.25, -0.2) is 9.69 Å². The number of rotatable bonds is 5. The minimum atomic E-state index is -0.854. The van der Waals surface area contributed by atoms with Crippen LogP contribution in [0.5, 0.6) is 11.5 Å². The molecule has 2 aromatic carbocycles. The Bertz CT molecular complexity index is 1360. The third-order valence-electron chi connectivity index (χ3n) is 5.59. The van der Waals surface area contributed by atoms with E-state index in [1.165, 1.54) is 25.3 Å². The first-order chi connectivity index (χ1) is 16.3. The number of anilines is 1. The molecule has 0 unspecified atom stereocenters. The van der Waals surface area contributed by atoms with Gasteiger partial charge in [0.05, 0.1) is 30.6 Å². The van der Waals surface area contributed by atoms with Crippen LogP contribution in [0, 0.1) is 13.8 Å². The molecule has 174 valence electrons. The van der Waals surface area contributed by atoms with Crippen LogP contribution in [0.2, 0.25) is 5.02 Å². The highest BCUT2D eigenvalue weighted by molar-refractivity contribution is 6.39. The summed E-state index contributed by atoms with van der Waals surface area (Å²) in [7, 11) is 3.05. The quantitative estimate of drug-likeness (QED) is 0.432. The SMILES string of the molecule is COc1ccc(N2C(=O)NC(=O)/C(=C/c3cc(C)n(-c4ccccc4OC)c3C)C2=O)cc1Cl. The minimum Gasteiger partial charge on any atom is -0.495 e. The number of methoxy groups -OCH3 is 2. The van der Waals surface area contributed by atoms with Crippen LogP contribution in [0.3, 0.4) is 0 Å². The number of hydrogen-bond acceptors (Lipinski definition) is 5. The van der Waals surface area contributed by atoms with E-state index in [9.17, 15) is 14.4 Å². The van der Waals surface area contributed by atoms with Crippen LogP contribution in [0.4, 0.5) is 10.5 Å². The van der Waals surface area contributed by atoms with Crippen molar-refractivity contribution in [2.24, 2.45) is 0 Å². The molecule has 34 heavy (non-hydrogen) atoms. The highest BCUT2D eigenvalue weighted by Gasteiger charge is 2.37. The zero-order valence-corrected chi connectivity index (χ0v) is 19.8. The molecular weight excluding hydrogens is 458 g/mol. The van der Waals surface area contributed by atoms with Crippen molar-refractivity contribution >= 4 is 41.2 Å². The van der Waals surface area contributed by atoms with Gasteiger partial charge in [0.25, 0.3) is 11.8 Å².